The summed E-state index contributed by atoms with van der Waals surface area (Å²) in [4.78, 5) is 2.52. The highest BCUT2D eigenvalue weighted by molar-refractivity contribution is 5.43. The number of methoxy groups -OCH3 is 5. The van der Waals surface area contributed by atoms with Crippen molar-refractivity contribution in [3.05, 3.63) is 0 Å². The largest absolute Gasteiger partial charge is 0.386 e. The molecule has 9 bridgehead atoms. The predicted molar refractivity (Wildman–Crippen MR) is 121 cm³/mol. The van der Waals surface area contributed by atoms with Gasteiger partial charge in [0, 0.05) is 70.6 Å². The van der Waals surface area contributed by atoms with Gasteiger partial charge in [-0.25, -0.2) is 0 Å². The molecule has 9 fully saturated rings. The van der Waals surface area contributed by atoms with Crippen LogP contribution in [0.1, 0.15) is 32.6 Å². The lowest BCUT2D eigenvalue weighted by Gasteiger charge is -2.76. The van der Waals surface area contributed by atoms with Gasteiger partial charge in [0.05, 0.1) is 37.1 Å². The maximum atomic E-state index is 13.1. The molecule has 8 nitrogen and oxygen atoms in total. The molecular formula is C26H41NO7. The molecule has 0 aromatic rings. The fourth-order valence-corrected chi connectivity index (χ4v) is 11.9. The van der Waals surface area contributed by atoms with E-state index in [1.807, 2.05) is 14.2 Å². The standard InChI is InChI=1S/C26H41NO7/c1-7-27-21-25-14-10-13-15(30-3)11-24(28,17(14)18(13)31-4)26(21,33-6)20(32-5)19(25)23(12-29-2)9-8-16(25)34-22(23)27/h13-22,28H,7-12H2,1-6H3/t13-,14-,15+,16+,17-,18+,19-,20+,21+,22?,23+,24-,25+,26-/m1/s1. The molecule has 0 aromatic heterocycles. The summed E-state index contributed by atoms with van der Waals surface area (Å²) in [5, 5.41) is 13.1. The van der Waals surface area contributed by atoms with Crippen molar-refractivity contribution in [2.45, 2.75) is 80.5 Å². The summed E-state index contributed by atoms with van der Waals surface area (Å²) in [5.41, 5.74) is -2.39. The van der Waals surface area contributed by atoms with Crippen LogP contribution in [-0.2, 0) is 28.4 Å². The first-order valence-electron chi connectivity index (χ1n) is 13.2. The Hall–Kier alpha value is -0.320. The van der Waals surface area contributed by atoms with Gasteiger partial charge in [-0.05, 0) is 31.7 Å². The summed E-state index contributed by atoms with van der Waals surface area (Å²) in [6, 6.07) is 0.0251. The molecule has 9 rings (SSSR count). The predicted octanol–water partition coefficient (Wildman–Crippen LogP) is 1.29. The average Bonchev–Trinajstić information content (AvgIpc) is 3.31. The summed E-state index contributed by atoms with van der Waals surface area (Å²) >= 11 is 0. The van der Waals surface area contributed by atoms with Crippen molar-refractivity contribution in [2.75, 3.05) is 48.7 Å². The molecule has 0 radical (unpaired) electrons. The molecule has 1 N–H and O–H groups in total. The molecule has 0 amide bonds. The first-order chi connectivity index (χ1) is 16.4. The average molecular weight is 480 g/mol. The van der Waals surface area contributed by atoms with Gasteiger partial charge in [0.1, 0.15) is 17.4 Å². The summed E-state index contributed by atoms with van der Waals surface area (Å²) in [5.74, 6) is 0.680. The number of rotatable bonds is 7. The fraction of sp³-hybridized carbons (Fsp3) is 1.00. The Kier molecular flexibility index (Phi) is 4.67. The van der Waals surface area contributed by atoms with Crippen molar-refractivity contribution in [3.8, 4) is 0 Å². The first-order valence-corrected chi connectivity index (χ1v) is 13.2. The van der Waals surface area contributed by atoms with Crippen LogP contribution < -0.4 is 0 Å². The third kappa shape index (κ3) is 1.92. The molecule has 14 atom stereocenters. The van der Waals surface area contributed by atoms with Crippen molar-refractivity contribution < 1.29 is 33.5 Å². The quantitative estimate of drug-likeness (QED) is 0.585. The van der Waals surface area contributed by atoms with Crippen LogP contribution >= 0.6 is 0 Å². The molecule has 8 heteroatoms. The molecule has 5 saturated carbocycles. The van der Waals surface area contributed by atoms with Crippen molar-refractivity contribution in [1.82, 2.24) is 4.90 Å². The van der Waals surface area contributed by atoms with Crippen LogP contribution in [0.5, 0.6) is 0 Å². The Balaban J connectivity index is 1.56. The van der Waals surface area contributed by atoms with Gasteiger partial charge in [0.25, 0.3) is 0 Å². The zero-order valence-electron chi connectivity index (χ0n) is 21.4. The van der Waals surface area contributed by atoms with Gasteiger partial charge in [0.15, 0.2) is 0 Å². The third-order valence-corrected chi connectivity index (χ3v) is 12.2. The second-order valence-corrected chi connectivity index (χ2v) is 12.2. The Morgan fingerprint density at radius 3 is 2.50 bits per heavy atom. The molecule has 4 heterocycles. The number of hydrogen-bond donors (Lipinski definition) is 1. The number of hydrogen-bond acceptors (Lipinski definition) is 8. The minimum atomic E-state index is -1.13. The lowest BCUT2D eigenvalue weighted by Crippen LogP contribution is -2.87. The lowest BCUT2D eigenvalue weighted by molar-refractivity contribution is -0.412. The first kappa shape index (κ1) is 22.8. The van der Waals surface area contributed by atoms with Gasteiger partial charge in [0.2, 0.25) is 0 Å². The van der Waals surface area contributed by atoms with Gasteiger partial charge in [-0.2, -0.15) is 0 Å². The topological polar surface area (TPSA) is 78.9 Å². The maximum Gasteiger partial charge on any atom is 0.139 e. The maximum absolute atomic E-state index is 13.1. The SMILES string of the molecule is CCN1C2O[C@H]3CC[C@]2(COC)[C@H]2[C@H](OC)[C@@]4(OC)[C@@H]1[C@@]32[C@@H]1C[C@H]2[C@H](OC)[C@@H]1[C@]4(O)C[C@@H]2OC. The van der Waals surface area contributed by atoms with E-state index in [-0.39, 0.29) is 71.2 Å². The van der Waals surface area contributed by atoms with E-state index in [0.717, 1.165) is 25.8 Å². The van der Waals surface area contributed by atoms with Gasteiger partial charge in [-0.1, -0.05) is 6.92 Å². The molecule has 9 aliphatic rings. The van der Waals surface area contributed by atoms with E-state index < -0.39 is 11.2 Å². The Labute approximate surface area is 202 Å². The van der Waals surface area contributed by atoms with Crippen molar-refractivity contribution in [1.29, 1.82) is 0 Å². The number of likely N-dealkylation sites (N-methyl/N-ethyl adjacent to an activating group) is 1. The number of piperidine rings is 1. The van der Waals surface area contributed by atoms with E-state index in [0.29, 0.717) is 13.0 Å². The van der Waals surface area contributed by atoms with E-state index in [2.05, 4.69) is 11.8 Å². The Bertz CT molecular complexity index is 870. The molecule has 1 spiro atoms. The zero-order chi connectivity index (χ0) is 23.8. The summed E-state index contributed by atoms with van der Waals surface area (Å²) < 4.78 is 38.5. The van der Waals surface area contributed by atoms with Gasteiger partial charge < -0.3 is 33.5 Å². The van der Waals surface area contributed by atoms with Crippen LogP contribution in [0.25, 0.3) is 0 Å². The number of nitrogens with zero attached hydrogens (tertiary/aromatic N) is 1. The number of fused-ring (bicyclic) bond motifs is 3. The molecule has 4 aliphatic heterocycles. The highest BCUT2D eigenvalue weighted by Crippen LogP contribution is 2.84. The van der Waals surface area contributed by atoms with Crippen LogP contribution in [0.15, 0.2) is 0 Å². The second kappa shape index (κ2) is 6.95. The Morgan fingerprint density at radius 2 is 1.88 bits per heavy atom. The Morgan fingerprint density at radius 1 is 1.09 bits per heavy atom. The molecular weight excluding hydrogens is 438 g/mol. The fourth-order valence-electron chi connectivity index (χ4n) is 11.9. The van der Waals surface area contributed by atoms with Crippen LogP contribution in [0.4, 0.5) is 0 Å². The second-order valence-electron chi connectivity index (χ2n) is 12.2. The van der Waals surface area contributed by atoms with Gasteiger partial charge >= 0.3 is 0 Å². The van der Waals surface area contributed by atoms with E-state index in [1.54, 1.807) is 21.3 Å². The van der Waals surface area contributed by atoms with Gasteiger partial charge in [-0.3, -0.25) is 4.90 Å². The monoisotopic (exact) mass is 479 g/mol. The lowest BCUT2D eigenvalue weighted by atomic mass is 9.41. The van der Waals surface area contributed by atoms with Gasteiger partial charge in [-0.15, -0.1) is 0 Å². The molecule has 0 aromatic carbocycles. The van der Waals surface area contributed by atoms with Crippen LogP contribution in [0.3, 0.4) is 0 Å². The third-order valence-electron chi connectivity index (χ3n) is 12.2. The van der Waals surface area contributed by atoms with Crippen LogP contribution in [0, 0.1) is 34.5 Å². The molecule has 4 saturated heterocycles. The summed E-state index contributed by atoms with van der Waals surface area (Å²) in [7, 11) is 8.97. The number of ether oxygens (including phenoxy) is 6. The van der Waals surface area contributed by atoms with Crippen molar-refractivity contribution in [3.63, 3.8) is 0 Å². The smallest absolute Gasteiger partial charge is 0.139 e. The summed E-state index contributed by atoms with van der Waals surface area (Å²) in [6.07, 6.45) is 3.30. The molecule has 34 heavy (non-hydrogen) atoms. The van der Waals surface area contributed by atoms with Crippen LogP contribution in [-0.4, -0.2) is 107 Å². The zero-order valence-corrected chi connectivity index (χ0v) is 21.4. The normalized spacial score (nSPS) is 62.6. The molecule has 5 aliphatic carbocycles. The van der Waals surface area contributed by atoms with Crippen molar-refractivity contribution in [2.24, 2.45) is 34.5 Å². The van der Waals surface area contributed by atoms with Crippen LogP contribution in [0.2, 0.25) is 0 Å². The van der Waals surface area contributed by atoms with E-state index in [9.17, 15) is 5.11 Å². The minimum absolute atomic E-state index is 0.0251. The highest BCUT2D eigenvalue weighted by atomic mass is 16.6. The van der Waals surface area contributed by atoms with Crippen molar-refractivity contribution >= 4 is 0 Å². The van der Waals surface area contributed by atoms with E-state index >= 15 is 0 Å². The minimum Gasteiger partial charge on any atom is -0.386 e. The molecule has 192 valence electrons. The van der Waals surface area contributed by atoms with E-state index in [4.69, 9.17) is 28.4 Å². The molecule has 1 unspecified atom stereocenters. The highest BCUT2D eigenvalue weighted by Gasteiger charge is 2.95. The number of aliphatic hydroxyl groups is 1. The van der Waals surface area contributed by atoms with E-state index in [1.165, 1.54) is 0 Å². The summed E-state index contributed by atoms with van der Waals surface area (Å²) in [6.45, 7) is 3.68.